The van der Waals surface area contributed by atoms with Crippen LogP contribution < -0.4 is 0 Å². The van der Waals surface area contributed by atoms with Crippen LogP contribution in [0.3, 0.4) is 0 Å². The molecule has 2 N–H and O–H groups in total. The van der Waals surface area contributed by atoms with E-state index in [1.807, 2.05) is 18.1 Å². The number of thioether (sulfide) groups is 1. The molecule has 37 heavy (non-hydrogen) atoms. The minimum atomic E-state index is -2.87. The van der Waals surface area contributed by atoms with Crippen LogP contribution in [0.25, 0.3) is 0 Å². The molecule has 1 heterocycles. The highest BCUT2D eigenvalue weighted by molar-refractivity contribution is 7.98. The van der Waals surface area contributed by atoms with Crippen LogP contribution in [0.15, 0.2) is 97.3 Å². The van der Waals surface area contributed by atoms with Gasteiger partial charge < -0.3 is 0 Å². The first-order valence-corrected chi connectivity index (χ1v) is 14.7. The third-order valence-electron chi connectivity index (χ3n) is 7.15. The van der Waals surface area contributed by atoms with Crippen molar-refractivity contribution in [3.8, 4) is 0 Å². The summed E-state index contributed by atoms with van der Waals surface area (Å²) in [4.78, 5) is 19.2. The predicted molar refractivity (Wildman–Crippen MR) is 152 cm³/mol. The highest BCUT2D eigenvalue weighted by Crippen LogP contribution is 2.47. The Labute approximate surface area is 224 Å². The van der Waals surface area contributed by atoms with E-state index in [1.54, 1.807) is 0 Å². The fraction of sp³-hybridized carbons (Fsp3) is 0.310. The van der Waals surface area contributed by atoms with Gasteiger partial charge in [-0.25, -0.2) is 9.67 Å². The summed E-state index contributed by atoms with van der Waals surface area (Å²) >= 11 is 1.85. The number of rotatable bonds is 9. The molecule has 1 aromatic heterocycles. The van der Waals surface area contributed by atoms with Crippen molar-refractivity contribution >= 4 is 20.0 Å². The Morgan fingerprint density at radius 1 is 0.838 bits per heavy atom. The van der Waals surface area contributed by atoms with E-state index in [1.165, 1.54) is 0 Å². The normalized spacial score (nSPS) is 12.4. The summed E-state index contributed by atoms with van der Waals surface area (Å²) in [5.74, 6) is 0.904. The molecule has 1 unspecified atom stereocenters. The minimum Gasteiger partial charge on any atom is -0.233 e. The average Bonchev–Trinajstić information content (AvgIpc) is 3.40. The lowest BCUT2D eigenvalue weighted by atomic mass is 9.77. The molecule has 0 spiro atoms. The second-order valence-corrected chi connectivity index (χ2v) is 10.5. The molecule has 0 aliphatic carbocycles. The minimum absolute atomic E-state index is 0.139. The molecule has 0 saturated heterocycles. The maximum Gasteiger partial charge on any atom is 0.692 e. The summed E-state index contributed by atoms with van der Waals surface area (Å²) in [7, 11) is -2.87. The second kappa shape index (κ2) is 13.1. The van der Waals surface area contributed by atoms with Gasteiger partial charge in [0.25, 0.3) is 0 Å². The fourth-order valence-electron chi connectivity index (χ4n) is 4.81. The number of hydrogen-bond donors (Lipinski definition) is 2. The van der Waals surface area contributed by atoms with E-state index in [0.29, 0.717) is 0 Å². The largest absolute Gasteiger partial charge is 0.692 e. The highest BCUT2D eigenvalue weighted by atomic mass is 32.2. The number of nitrogens with zero attached hydrogens (tertiary/aromatic N) is 3. The van der Waals surface area contributed by atoms with Gasteiger partial charge in [0, 0.05) is 4.57 Å². The van der Waals surface area contributed by atoms with E-state index in [0.717, 1.165) is 35.4 Å². The van der Waals surface area contributed by atoms with E-state index >= 15 is 0 Å². The lowest BCUT2D eigenvalue weighted by Crippen LogP contribution is -2.38. The first-order valence-electron chi connectivity index (χ1n) is 12.3. The SMILES string of the molecule is CCC(C)(CC)C(SC)c1ncn(C(c2ccccc2)(c2ccccc2)c2ccccc2)n1.O=[P+](O)O. The van der Waals surface area contributed by atoms with Gasteiger partial charge >= 0.3 is 8.25 Å². The molecule has 194 valence electrons. The Morgan fingerprint density at radius 2 is 1.22 bits per heavy atom. The van der Waals surface area contributed by atoms with Crippen molar-refractivity contribution < 1.29 is 14.4 Å². The van der Waals surface area contributed by atoms with Gasteiger partial charge in [-0.05, 0) is 41.2 Å². The van der Waals surface area contributed by atoms with Gasteiger partial charge in [-0.1, -0.05) is 112 Å². The van der Waals surface area contributed by atoms with Crippen molar-refractivity contribution in [3.63, 3.8) is 0 Å². The van der Waals surface area contributed by atoms with Crippen LogP contribution in [0.5, 0.6) is 0 Å². The Hall–Kier alpha value is -2.83. The Balaban J connectivity index is 0.000000886. The molecule has 0 aliphatic rings. The van der Waals surface area contributed by atoms with Crippen LogP contribution in [0, 0.1) is 5.41 Å². The molecular formula is C29H35N3O3PS+. The van der Waals surface area contributed by atoms with Crippen molar-refractivity contribution in [1.29, 1.82) is 0 Å². The van der Waals surface area contributed by atoms with Crippen molar-refractivity contribution in [2.24, 2.45) is 5.41 Å². The molecule has 0 saturated carbocycles. The topological polar surface area (TPSA) is 88.2 Å². The van der Waals surface area contributed by atoms with Crippen molar-refractivity contribution in [1.82, 2.24) is 14.8 Å². The summed E-state index contributed by atoms with van der Waals surface area (Å²) < 4.78 is 10.8. The van der Waals surface area contributed by atoms with E-state index in [-0.39, 0.29) is 10.7 Å². The fourth-order valence-corrected chi connectivity index (χ4v) is 6.04. The van der Waals surface area contributed by atoms with Gasteiger partial charge in [-0.3, -0.25) is 0 Å². The van der Waals surface area contributed by atoms with E-state index in [2.05, 4.69) is 123 Å². The summed E-state index contributed by atoms with van der Waals surface area (Å²) in [5, 5.41) is 5.46. The molecule has 0 fully saturated rings. The molecule has 3 aromatic carbocycles. The molecule has 6 nitrogen and oxygen atoms in total. The molecule has 4 rings (SSSR count). The smallest absolute Gasteiger partial charge is 0.233 e. The zero-order valence-corrected chi connectivity index (χ0v) is 23.4. The molecule has 0 bridgehead atoms. The molecule has 4 aromatic rings. The summed E-state index contributed by atoms with van der Waals surface area (Å²) in [6, 6.07) is 31.9. The zero-order valence-electron chi connectivity index (χ0n) is 21.7. The van der Waals surface area contributed by atoms with Crippen LogP contribution >= 0.6 is 20.0 Å². The first-order chi connectivity index (χ1) is 17.8. The Morgan fingerprint density at radius 3 is 1.54 bits per heavy atom. The molecule has 0 aliphatic heterocycles. The molecule has 0 radical (unpaired) electrons. The maximum absolute atomic E-state index is 8.70. The third-order valence-corrected chi connectivity index (χ3v) is 8.40. The quantitative estimate of drug-likeness (QED) is 0.177. The lowest BCUT2D eigenvalue weighted by molar-refractivity contribution is 0.281. The maximum atomic E-state index is 8.70. The molecule has 8 heteroatoms. The third kappa shape index (κ3) is 6.19. The summed E-state index contributed by atoms with van der Waals surface area (Å²) in [6.45, 7) is 6.89. The monoisotopic (exact) mass is 536 g/mol. The van der Waals surface area contributed by atoms with Crippen molar-refractivity contribution in [2.75, 3.05) is 6.26 Å². The van der Waals surface area contributed by atoms with Crippen LogP contribution in [-0.2, 0) is 10.1 Å². The summed E-state index contributed by atoms with van der Waals surface area (Å²) in [5.41, 5.74) is 3.00. The number of benzene rings is 3. The Bertz CT molecular complexity index is 1150. The average molecular weight is 537 g/mol. The molecule has 1 atom stereocenters. The van der Waals surface area contributed by atoms with E-state index < -0.39 is 13.8 Å². The number of hydrogen-bond acceptors (Lipinski definition) is 4. The zero-order chi connectivity index (χ0) is 26.9. The van der Waals surface area contributed by atoms with E-state index in [4.69, 9.17) is 24.4 Å². The predicted octanol–water partition coefficient (Wildman–Crippen LogP) is 6.98. The van der Waals surface area contributed by atoms with Crippen molar-refractivity contribution in [2.45, 2.75) is 44.4 Å². The van der Waals surface area contributed by atoms with Gasteiger partial charge in [0.15, 0.2) is 5.82 Å². The molecular weight excluding hydrogens is 501 g/mol. The van der Waals surface area contributed by atoms with Gasteiger partial charge in [-0.2, -0.15) is 16.9 Å². The van der Waals surface area contributed by atoms with Crippen LogP contribution in [0.1, 0.15) is 61.4 Å². The van der Waals surface area contributed by atoms with Gasteiger partial charge in [0.1, 0.15) is 11.9 Å². The highest BCUT2D eigenvalue weighted by Gasteiger charge is 2.41. The standard InChI is InChI=1S/C29H33N3S.HO3P/c1-5-28(3,6-2)26(33-4)27-30-22-32(31-27)29(23-16-10-7-11-17-23,24-18-12-8-13-19-24)25-20-14-9-15-21-25;1-4(2)3/h7-22,26H,5-6H2,1-4H3;(H-,1,2,3)/p+1. The molecule has 0 amide bonds. The van der Waals surface area contributed by atoms with Crippen LogP contribution in [-0.4, -0.2) is 30.8 Å². The van der Waals surface area contributed by atoms with Gasteiger partial charge in [0.05, 0.1) is 5.25 Å². The van der Waals surface area contributed by atoms with E-state index in [9.17, 15) is 0 Å². The van der Waals surface area contributed by atoms with Gasteiger partial charge in [-0.15, -0.1) is 9.79 Å². The number of aromatic nitrogens is 3. The lowest BCUT2D eigenvalue weighted by Gasteiger charge is -2.36. The summed E-state index contributed by atoms with van der Waals surface area (Å²) in [6.07, 6.45) is 6.28. The van der Waals surface area contributed by atoms with Crippen molar-refractivity contribution in [3.05, 3.63) is 120 Å². The first kappa shape index (κ1) is 28.7. The van der Waals surface area contributed by atoms with Gasteiger partial charge in [0.2, 0.25) is 0 Å². The Kier molecular flexibility index (Phi) is 10.2. The van der Waals surface area contributed by atoms with Crippen LogP contribution in [0.4, 0.5) is 0 Å². The van der Waals surface area contributed by atoms with Crippen LogP contribution in [0.2, 0.25) is 0 Å². The second-order valence-electron chi connectivity index (χ2n) is 9.09.